The molecule has 3 unspecified atom stereocenters. The third-order valence-electron chi connectivity index (χ3n) is 3.32. The minimum Gasteiger partial charge on any atom is -0.491 e. The molecule has 0 radical (unpaired) electrons. The summed E-state index contributed by atoms with van der Waals surface area (Å²) in [7, 11) is 0. The molecule has 0 amide bonds. The van der Waals surface area contributed by atoms with E-state index in [-0.39, 0.29) is 32.4 Å². The lowest BCUT2D eigenvalue weighted by Crippen LogP contribution is -2.40. The molecule has 1 aliphatic rings. The van der Waals surface area contributed by atoms with Crippen LogP contribution < -0.4 is 9.64 Å². The van der Waals surface area contributed by atoms with Gasteiger partial charge in [-0.05, 0) is 24.3 Å². The Hall–Kier alpha value is -1.38. The van der Waals surface area contributed by atoms with Crippen molar-refractivity contribution in [3.8, 4) is 5.75 Å². The monoisotopic (exact) mass is 313 g/mol. The lowest BCUT2D eigenvalue weighted by molar-refractivity contribution is 0.0839. The van der Waals surface area contributed by atoms with Gasteiger partial charge in [-0.3, -0.25) is 0 Å². The highest BCUT2D eigenvalue weighted by Gasteiger charge is 2.23. The number of nitrogens with zero attached hydrogens (tertiary/aromatic N) is 1. The second-order valence-corrected chi connectivity index (χ2v) is 5.34. The van der Waals surface area contributed by atoms with Crippen molar-refractivity contribution in [1.29, 1.82) is 0 Å². The number of aliphatic hydroxyl groups is 4. The first-order chi connectivity index (χ1) is 10.6. The predicted molar refractivity (Wildman–Crippen MR) is 80.1 cm³/mol. The van der Waals surface area contributed by atoms with Crippen molar-refractivity contribution in [1.82, 2.24) is 0 Å². The SMILES string of the molecule is OCC(O)CN(CC(O)CO)c1ccc(OCC2CO2)cc1. The molecule has 22 heavy (non-hydrogen) atoms. The van der Waals surface area contributed by atoms with Gasteiger partial charge in [0.2, 0.25) is 0 Å². The maximum atomic E-state index is 9.61. The molecule has 2 rings (SSSR count). The fourth-order valence-corrected chi connectivity index (χ4v) is 2.02. The van der Waals surface area contributed by atoms with E-state index >= 15 is 0 Å². The van der Waals surface area contributed by atoms with Crippen molar-refractivity contribution >= 4 is 5.69 Å². The molecule has 7 nitrogen and oxygen atoms in total. The van der Waals surface area contributed by atoms with Gasteiger partial charge in [0.1, 0.15) is 18.5 Å². The summed E-state index contributed by atoms with van der Waals surface area (Å²) in [6, 6.07) is 7.19. The van der Waals surface area contributed by atoms with E-state index in [1.807, 2.05) is 0 Å². The van der Waals surface area contributed by atoms with Crippen LogP contribution in [0, 0.1) is 0 Å². The molecule has 0 spiro atoms. The molecule has 124 valence electrons. The van der Waals surface area contributed by atoms with Crippen molar-refractivity contribution in [2.45, 2.75) is 18.3 Å². The zero-order valence-electron chi connectivity index (χ0n) is 12.3. The first-order valence-electron chi connectivity index (χ1n) is 7.29. The second kappa shape index (κ2) is 8.30. The maximum Gasteiger partial charge on any atom is 0.119 e. The summed E-state index contributed by atoms with van der Waals surface area (Å²) in [4.78, 5) is 1.70. The van der Waals surface area contributed by atoms with E-state index in [9.17, 15) is 10.2 Å². The van der Waals surface area contributed by atoms with Gasteiger partial charge in [-0.15, -0.1) is 0 Å². The largest absolute Gasteiger partial charge is 0.491 e. The van der Waals surface area contributed by atoms with E-state index in [2.05, 4.69) is 0 Å². The second-order valence-electron chi connectivity index (χ2n) is 5.34. The number of benzene rings is 1. The van der Waals surface area contributed by atoms with E-state index in [1.54, 1.807) is 29.2 Å². The number of rotatable bonds is 10. The molecule has 1 aliphatic heterocycles. The Morgan fingerprint density at radius 3 is 2.09 bits per heavy atom. The van der Waals surface area contributed by atoms with Gasteiger partial charge in [0, 0.05) is 18.8 Å². The molecule has 0 aliphatic carbocycles. The molecule has 1 fully saturated rings. The van der Waals surface area contributed by atoms with Crippen molar-refractivity contribution in [3.05, 3.63) is 24.3 Å². The topological polar surface area (TPSA) is 106 Å². The number of epoxide rings is 1. The third-order valence-corrected chi connectivity index (χ3v) is 3.32. The van der Waals surface area contributed by atoms with Gasteiger partial charge in [0.15, 0.2) is 0 Å². The molecule has 1 aromatic carbocycles. The van der Waals surface area contributed by atoms with Crippen molar-refractivity contribution in [2.24, 2.45) is 0 Å². The van der Waals surface area contributed by atoms with Gasteiger partial charge in [0.05, 0.1) is 32.0 Å². The summed E-state index contributed by atoms with van der Waals surface area (Å²) in [6.07, 6.45) is -1.65. The van der Waals surface area contributed by atoms with Crippen LogP contribution in [0.4, 0.5) is 5.69 Å². The molecule has 3 atom stereocenters. The summed E-state index contributed by atoms with van der Waals surface area (Å²) in [5, 5.41) is 37.2. The van der Waals surface area contributed by atoms with Crippen molar-refractivity contribution in [3.63, 3.8) is 0 Å². The zero-order chi connectivity index (χ0) is 15.9. The first-order valence-corrected chi connectivity index (χ1v) is 7.29. The summed E-state index contributed by atoms with van der Waals surface area (Å²) >= 11 is 0. The Morgan fingerprint density at radius 1 is 1.09 bits per heavy atom. The quantitative estimate of drug-likeness (QED) is 0.410. The molecular weight excluding hydrogens is 290 g/mol. The number of anilines is 1. The first kappa shape index (κ1) is 17.0. The predicted octanol–water partition coefficient (Wildman–Crippen LogP) is -1.02. The van der Waals surface area contributed by atoms with E-state index in [1.165, 1.54) is 0 Å². The smallest absolute Gasteiger partial charge is 0.119 e. The highest BCUT2D eigenvalue weighted by Crippen LogP contribution is 2.21. The standard InChI is InChI=1S/C15H23NO6/c17-7-12(19)5-16(6-13(20)8-18)11-1-3-14(4-2-11)21-9-15-10-22-15/h1-4,12-13,15,17-20H,5-10H2. The highest BCUT2D eigenvalue weighted by molar-refractivity contribution is 5.49. The van der Waals surface area contributed by atoms with E-state index in [0.29, 0.717) is 12.4 Å². The van der Waals surface area contributed by atoms with E-state index < -0.39 is 12.2 Å². The third kappa shape index (κ3) is 5.43. The van der Waals surface area contributed by atoms with Crippen LogP contribution in [0.1, 0.15) is 0 Å². The van der Waals surface area contributed by atoms with Crippen LogP contribution in [0.25, 0.3) is 0 Å². The van der Waals surface area contributed by atoms with E-state index in [4.69, 9.17) is 19.7 Å². The zero-order valence-corrected chi connectivity index (χ0v) is 12.3. The molecule has 0 aromatic heterocycles. The van der Waals surface area contributed by atoms with Crippen LogP contribution in [0.15, 0.2) is 24.3 Å². The highest BCUT2D eigenvalue weighted by atomic mass is 16.6. The molecule has 7 heteroatoms. The lowest BCUT2D eigenvalue weighted by atomic mass is 10.2. The minimum absolute atomic E-state index is 0.156. The molecule has 0 saturated carbocycles. The van der Waals surface area contributed by atoms with Gasteiger partial charge in [-0.25, -0.2) is 0 Å². The van der Waals surface area contributed by atoms with Crippen LogP contribution in [0.2, 0.25) is 0 Å². The number of hydrogen-bond donors (Lipinski definition) is 4. The van der Waals surface area contributed by atoms with Crippen LogP contribution >= 0.6 is 0 Å². The fourth-order valence-electron chi connectivity index (χ4n) is 2.02. The van der Waals surface area contributed by atoms with Gasteiger partial charge in [0.25, 0.3) is 0 Å². The van der Waals surface area contributed by atoms with Crippen LogP contribution in [0.3, 0.4) is 0 Å². The molecule has 1 aromatic rings. The van der Waals surface area contributed by atoms with Crippen LogP contribution in [0.5, 0.6) is 5.75 Å². The molecule has 1 saturated heterocycles. The number of aliphatic hydroxyl groups excluding tert-OH is 4. The summed E-state index contributed by atoms with van der Waals surface area (Å²) < 4.78 is 10.6. The Labute approximate surface area is 129 Å². The number of ether oxygens (including phenoxy) is 2. The lowest BCUT2D eigenvalue weighted by Gasteiger charge is -2.28. The van der Waals surface area contributed by atoms with Gasteiger partial charge in [-0.2, -0.15) is 0 Å². The normalized spacial score (nSPS) is 19.5. The Morgan fingerprint density at radius 2 is 1.64 bits per heavy atom. The van der Waals surface area contributed by atoms with Crippen molar-refractivity contribution < 1.29 is 29.9 Å². The molecule has 1 heterocycles. The van der Waals surface area contributed by atoms with Gasteiger partial charge >= 0.3 is 0 Å². The number of hydrogen-bond acceptors (Lipinski definition) is 7. The molecule has 4 N–H and O–H groups in total. The average molecular weight is 313 g/mol. The fraction of sp³-hybridized carbons (Fsp3) is 0.600. The Bertz CT molecular complexity index is 424. The molecular formula is C15H23NO6. The Kier molecular flexibility index (Phi) is 6.41. The van der Waals surface area contributed by atoms with Gasteiger partial charge < -0.3 is 34.8 Å². The van der Waals surface area contributed by atoms with Crippen molar-refractivity contribution in [2.75, 3.05) is 44.4 Å². The maximum absolute atomic E-state index is 9.61. The summed E-state index contributed by atoms with van der Waals surface area (Å²) in [5.41, 5.74) is 0.759. The molecule has 0 bridgehead atoms. The average Bonchev–Trinajstić information content (AvgIpc) is 3.36. The minimum atomic E-state index is -0.922. The van der Waals surface area contributed by atoms with E-state index in [0.717, 1.165) is 12.3 Å². The van der Waals surface area contributed by atoms with Crippen LogP contribution in [-0.2, 0) is 4.74 Å². The van der Waals surface area contributed by atoms with Crippen LogP contribution in [-0.4, -0.2) is 78.3 Å². The summed E-state index contributed by atoms with van der Waals surface area (Å²) in [6.45, 7) is 0.843. The summed E-state index contributed by atoms with van der Waals surface area (Å²) in [5.74, 6) is 0.713. The van der Waals surface area contributed by atoms with Gasteiger partial charge in [-0.1, -0.05) is 0 Å². The Balaban J connectivity index is 1.97.